The molecule has 0 bridgehead atoms. The SMILES string of the molecule is C#C[C@]1(O[Si](C)(C)C)CC[C@H]2[C@@H]3CC[C@H]4CC(=O)CC[C@@H]4[C@H]3CC[C@@]21C. The molecule has 4 fully saturated rings. The Kier molecular flexibility index (Phi) is 4.48. The van der Waals surface area contributed by atoms with E-state index in [4.69, 9.17) is 10.8 Å². The molecule has 7 atom stereocenters. The van der Waals surface area contributed by atoms with Crippen LogP contribution in [0.3, 0.4) is 0 Å². The molecule has 0 N–H and O–H groups in total. The predicted octanol–water partition coefficient (Wildman–Crippen LogP) is 5.43. The molecule has 4 saturated carbocycles. The number of hydrogen-bond acceptors (Lipinski definition) is 2. The van der Waals surface area contributed by atoms with Crippen LogP contribution in [0.5, 0.6) is 0 Å². The van der Waals surface area contributed by atoms with E-state index >= 15 is 0 Å². The minimum absolute atomic E-state index is 0.139. The van der Waals surface area contributed by atoms with Gasteiger partial charge in [0, 0.05) is 18.3 Å². The third-order valence-electron chi connectivity index (χ3n) is 8.60. The van der Waals surface area contributed by atoms with Gasteiger partial charge in [-0.05, 0) is 94.2 Å². The van der Waals surface area contributed by atoms with Gasteiger partial charge in [0.25, 0.3) is 0 Å². The first-order valence-corrected chi connectivity index (χ1v) is 14.3. The van der Waals surface area contributed by atoms with Crippen molar-refractivity contribution < 1.29 is 9.22 Å². The van der Waals surface area contributed by atoms with Crippen LogP contribution in [0.4, 0.5) is 0 Å². The molecule has 0 saturated heterocycles. The molecule has 144 valence electrons. The van der Waals surface area contributed by atoms with Gasteiger partial charge in [0.15, 0.2) is 8.32 Å². The highest BCUT2D eigenvalue weighted by Crippen LogP contribution is 2.66. The van der Waals surface area contributed by atoms with Crippen LogP contribution in [0.15, 0.2) is 0 Å². The Hall–Kier alpha value is -0.593. The molecule has 26 heavy (non-hydrogen) atoms. The molecule has 0 unspecified atom stereocenters. The van der Waals surface area contributed by atoms with Crippen molar-refractivity contribution in [2.24, 2.45) is 35.0 Å². The number of fused-ring (bicyclic) bond motifs is 5. The standard InChI is InChI=1S/C23H36O2Si/c1-6-23(25-26(3,4)5)14-12-21-20-9-7-16-15-17(24)8-10-18(16)19(20)11-13-22(21,23)2/h1,16,18-21H,7-15H2,2-5H3/t16-,18-,19+,20+,21-,22-,23-/m0/s1. The summed E-state index contributed by atoms with van der Waals surface area (Å²) in [6.45, 7) is 9.29. The average Bonchev–Trinajstić information content (AvgIpc) is 2.86. The fraction of sp³-hybridized carbons (Fsp3) is 0.870. The highest BCUT2D eigenvalue weighted by atomic mass is 28.4. The molecule has 0 aromatic heterocycles. The lowest BCUT2D eigenvalue weighted by Crippen LogP contribution is -2.56. The van der Waals surface area contributed by atoms with Gasteiger partial charge in [0.1, 0.15) is 11.4 Å². The summed E-state index contributed by atoms with van der Waals surface area (Å²) in [5.41, 5.74) is -0.201. The molecule has 0 radical (unpaired) electrons. The number of rotatable bonds is 2. The lowest BCUT2D eigenvalue weighted by molar-refractivity contribution is -0.129. The quantitative estimate of drug-likeness (QED) is 0.477. The Morgan fingerprint density at radius 3 is 2.50 bits per heavy atom. The summed E-state index contributed by atoms with van der Waals surface area (Å²) in [6, 6.07) is 0. The van der Waals surface area contributed by atoms with Crippen molar-refractivity contribution in [3.05, 3.63) is 0 Å². The summed E-state index contributed by atoms with van der Waals surface area (Å²) in [4.78, 5) is 11.9. The second kappa shape index (κ2) is 6.21. The van der Waals surface area contributed by atoms with Gasteiger partial charge in [-0.2, -0.15) is 0 Å². The van der Waals surface area contributed by atoms with Gasteiger partial charge >= 0.3 is 0 Å². The smallest absolute Gasteiger partial charge is 0.185 e. The van der Waals surface area contributed by atoms with Crippen LogP contribution in [0.25, 0.3) is 0 Å². The molecule has 4 aliphatic carbocycles. The summed E-state index contributed by atoms with van der Waals surface area (Å²) in [5, 5.41) is 0. The summed E-state index contributed by atoms with van der Waals surface area (Å²) in [7, 11) is -1.70. The summed E-state index contributed by atoms with van der Waals surface area (Å²) < 4.78 is 6.77. The minimum atomic E-state index is -1.70. The zero-order valence-electron chi connectivity index (χ0n) is 17.1. The molecule has 0 amide bonds. The van der Waals surface area contributed by atoms with Gasteiger partial charge in [-0.25, -0.2) is 0 Å². The maximum atomic E-state index is 11.9. The Labute approximate surface area is 161 Å². The van der Waals surface area contributed by atoms with E-state index < -0.39 is 8.32 Å². The minimum Gasteiger partial charge on any atom is -0.401 e. The monoisotopic (exact) mass is 372 g/mol. The molecule has 4 aliphatic rings. The van der Waals surface area contributed by atoms with Crippen LogP contribution < -0.4 is 0 Å². The zero-order valence-corrected chi connectivity index (χ0v) is 18.1. The van der Waals surface area contributed by atoms with E-state index in [1.807, 2.05) is 0 Å². The summed E-state index contributed by atoms with van der Waals surface area (Å²) in [6.07, 6.45) is 16.4. The summed E-state index contributed by atoms with van der Waals surface area (Å²) >= 11 is 0. The predicted molar refractivity (Wildman–Crippen MR) is 108 cm³/mol. The number of carbonyl (C=O) groups is 1. The van der Waals surface area contributed by atoms with Crippen molar-refractivity contribution in [3.63, 3.8) is 0 Å². The highest BCUT2D eigenvalue weighted by molar-refractivity contribution is 6.69. The topological polar surface area (TPSA) is 26.3 Å². The first-order chi connectivity index (χ1) is 12.2. The van der Waals surface area contributed by atoms with Crippen LogP contribution in [-0.2, 0) is 9.22 Å². The van der Waals surface area contributed by atoms with Gasteiger partial charge in [-0.3, -0.25) is 4.79 Å². The van der Waals surface area contributed by atoms with Crippen LogP contribution >= 0.6 is 0 Å². The van der Waals surface area contributed by atoms with E-state index in [1.165, 1.54) is 32.1 Å². The van der Waals surface area contributed by atoms with Crippen LogP contribution in [0.2, 0.25) is 19.6 Å². The molecule has 0 heterocycles. The molecule has 0 aromatic rings. The molecule has 0 aromatic carbocycles. The van der Waals surface area contributed by atoms with Crippen molar-refractivity contribution in [2.45, 2.75) is 90.0 Å². The molecule has 2 nitrogen and oxygen atoms in total. The number of Topliss-reactive ketones (excluding diaryl/α,β-unsaturated/α-hetero) is 1. The van der Waals surface area contributed by atoms with E-state index in [9.17, 15) is 4.79 Å². The molecule has 4 rings (SSSR count). The van der Waals surface area contributed by atoms with E-state index in [0.29, 0.717) is 17.6 Å². The molecule has 0 spiro atoms. The number of ketones is 1. The second-order valence-electron chi connectivity index (χ2n) is 10.9. The van der Waals surface area contributed by atoms with Gasteiger partial charge in [0.2, 0.25) is 0 Å². The Morgan fingerprint density at radius 2 is 1.81 bits per heavy atom. The van der Waals surface area contributed by atoms with E-state index in [1.54, 1.807) is 0 Å². The van der Waals surface area contributed by atoms with Crippen LogP contribution in [-0.4, -0.2) is 19.7 Å². The fourth-order valence-corrected chi connectivity index (χ4v) is 9.05. The van der Waals surface area contributed by atoms with Gasteiger partial charge < -0.3 is 4.43 Å². The van der Waals surface area contributed by atoms with Crippen molar-refractivity contribution in [1.29, 1.82) is 0 Å². The summed E-state index contributed by atoms with van der Waals surface area (Å²) in [5.74, 6) is 7.55. The first-order valence-electron chi connectivity index (χ1n) is 10.9. The highest BCUT2D eigenvalue weighted by Gasteiger charge is 2.64. The van der Waals surface area contributed by atoms with Gasteiger partial charge in [0.05, 0.1) is 0 Å². The zero-order chi connectivity index (χ0) is 18.7. The molecular formula is C23H36O2Si. The van der Waals surface area contributed by atoms with Crippen molar-refractivity contribution in [1.82, 2.24) is 0 Å². The molecule has 3 heteroatoms. The van der Waals surface area contributed by atoms with Crippen molar-refractivity contribution in [2.75, 3.05) is 0 Å². The Morgan fingerprint density at radius 1 is 1.04 bits per heavy atom. The van der Waals surface area contributed by atoms with Crippen molar-refractivity contribution >= 4 is 14.1 Å². The maximum Gasteiger partial charge on any atom is 0.185 e. The maximum absolute atomic E-state index is 11.9. The van der Waals surface area contributed by atoms with Crippen LogP contribution in [0, 0.1) is 47.3 Å². The van der Waals surface area contributed by atoms with E-state index in [0.717, 1.165) is 43.4 Å². The van der Waals surface area contributed by atoms with Gasteiger partial charge in [-0.15, -0.1) is 6.42 Å². The largest absolute Gasteiger partial charge is 0.401 e. The van der Waals surface area contributed by atoms with Gasteiger partial charge in [-0.1, -0.05) is 12.8 Å². The Bertz CT molecular complexity index is 629. The average molecular weight is 373 g/mol. The second-order valence-corrected chi connectivity index (χ2v) is 15.3. The number of hydrogen-bond donors (Lipinski definition) is 0. The lowest BCUT2D eigenvalue weighted by atomic mass is 9.49. The first kappa shape index (κ1) is 18.8. The van der Waals surface area contributed by atoms with Crippen molar-refractivity contribution in [3.8, 4) is 12.3 Å². The molecular weight excluding hydrogens is 336 g/mol. The molecule has 0 aliphatic heterocycles. The number of carbonyl (C=O) groups excluding carboxylic acids is 1. The fourth-order valence-electron chi connectivity index (χ4n) is 7.61. The van der Waals surface area contributed by atoms with Crippen LogP contribution in [0.1, 0.15) is 64.7 Å². The Balaban J connectivity index is 1.60. The third kappa shape index (κ3) is 2.75. The van der Waals surface area contributed by atoms with E-state index in [-0.39, 0.29) is 11.0 Å². The van der Waals surface area contributed by atoms with E-state index in [2.05, 4.69) is 32.5 Å². The lowest BCUT2D eigenvalue weighted by Gasteiger charge is -2.57. The number of terminal acetylenes is 1. The third-order valence-corrected chi connectivity index (χ3v) is 9.56. The normalized spacial score (nSPS) is 48.3.